The molecule has 0 fully saturated rings. The van der Waals surface area contributed by atoms with Gasteiger partial charge in [-0.25, -0.2) is 0 Å². The molecule has 262 valence electrons. The molecule has 0 unspecified atom stereocenters. The van der Waals surface area contributed by atoms with Crippen LogP contribution in [0, 0.1) is 0 Å². The Morgan fingerprint density at radius 3 is 1.96 bits per heavy atom. The van der Waals surface area contributed by atoms with Crippen LogP contribution in [0.2, 0.25) is 0 Å². The van der Waals surface area contributed by atoms with Crippen molar-refractivity contribution in [2.24, 2.45) is 4.99 Å². The van der Waals surface area contributed by atoms with Crippen LogP contribution in [0.4, 0.5) is 17.1 Å². The average Bonchev–Trinajstić information content (AvgIpc) is 3.25. The topological polar surface area (TPSA) is 15.6 Å². The van der Waals surface area contributed by atoms with Crippen LogP contribution in [-0.4, -0.2) is 6.72 Å². The summed E-state index contributed by atoms with van der Waals surface area (Å²) in [6.07, 6.45) is 5.67. The molecule has 9 aromatic rings. The van der Waals surface area contributed by atoms with E-state index in [1.165, 1.54) is 98.2 Å². The van der Waals surface area contributed by atoms with Gasteiger partial charge in [0.15, 0.2) is 0 Å². The summed E-state index contributed by atoms with van der Waals surface area (Å²) >= 11 is 0. The van der Waals surface area contributed by atoms with Gasteiger partial charge in [0.2, 0.25) is 0 Å². The van der Waals surface area contributed by atoms with Gasteiger partial charge in [0.1, 0.15) is 0 Å². The highest BCUT2D eigenvalue weighted by atomic mass is 15.2. The van der Waals surface area contributed by atoms with Crippen LogP contribution in [0.15, 0.2) is 163 Å². The Labute approximate surface area is 321 Å². The summed E-state index contributed by atoms with van der Waals surface area (Å²) < 4.78 is 0. The molecular formula is C53H40N2. The standard InChI is InChI=1S/C53H40N2/c1-4-15-45-40(5-2)48(32-49-43-22-9-8-20-41(43)42-21-10-11-23-46(42)53(45)49)38-19-14-18-35(28-38)37-26-27-44-47-30-36-17-7-6-16-34(36)29-39(47)33-55(52(44)31-37)51-25-13-12-24-50(51)54-3/h5-32H,3-4,33H2,1-2H3/b40-5+,45-15+. The molecule has 10 rings (SSSR count). The van der Waals surface area contributed by atoms with Crippen molar-refractivity contribution in [3.63, 3.8) is 0 Å². The molecule has 1 aliphatic rings. The van der Waals surface area contributed by atoms with Crippen LogP contribution in [0.3, 0.4) is 0 Å². The second-order valence-corrected chi connectivity index (χ2v) is 14.6. The monoisotopic (exact) mass is 704 g/mol. The Kier molecular flexibility index (Phi) is 7.92. The molecule has 2 heteroatoms. The first-order valence-corrected chi connectivity index (χ1v) is 19.3. The molecule has 0 spiro atoms. The fraction of sp³-hybridized carbons (Fsp3) is 0.0755. The average molecular weight is 705 g/mol. The number of hydrogen-bond acceptors (Lipinski definition) is 2. The third-order valence-electron chi connectivity index (χ3n) is 11.5. The van der Waals surface area contributed by atoms with Crippen LogP contribution >= 0.6 is 0 Å². The maximum Gasteiger partial charge on any atom is 0.0859 e. The third kappa shape index (κ3) is 5.28. The molecule has 1 heterocycles. The minimum absolute atomic E-state index is 0.745. The lowest BCUT2D eigenvalue weighted by molar-refractivity contribution is 0.963. The summed E-state index contributed by atoms with van der Waals surface area (Å²) in [4.78, 5) is 6.86. The van der Waals surface area contributed by atoms with Crippen molar-refractivity contribution in [1.82, 2.24) is 0 Å². The van der Waals surface area contributed by atoms with E-state index in [-0.39, 0.29) is 0 Å². The smallest absolute Gasteiger partial charge is 0.0859 e. The van der Waals surface area contributed by atoms with Gasteiger partial charge < -0.3 is 4.90 Å². The van der Waals surface area contributed by atoms with E-state index < -0.39 is 0 Å². The first-order chi connectivity index (χ1) is 27.1. The van der Waals surface area contributed by atoms with Gasteiger partial charge in [-0.3, -0.25) is 4.99 Å². The van der Waals surface area contributed by atoms with E-state index in [2.05, 4.69) is 188 Å². The zero-order valence-electron chi connectivity index (χ0n) is 31.2. The first-order valence-electron chi connectivity index (χ1n) is 19.3. The molecule has 0 aromatic heterocycles. The van der Waals surface area contributed by atoms with Crippen LogP contribution in [0.1, 0.15) is 25.8 Å². The molecule has 0 atom stereocenters. The number of rotatable bonds is 5. The zero-order chi connectivity index (χ0) is 37.0. The highest BCUT2D eigenvalue weighted by Crippen LogP contribution is 2.48. The Morgan fingerprint density at radius 2 is 1.20 bits per heavy atom. The lowest BCUT2D eigenvalue weighted by atomic mass is 9.87. The SMILES string of the molecule is C=Nc1ccccc1N1Cc2cc3ccccc3cc2-c2ccc(-c3cccc(-c4cc5c6ccccc6c6ccccc6c5c(=C/CC)/c4=C\C)c3)cc21. The largest absolute Gasteiger partial charge is 0.335 e. The Bertz CT molecular complexity index is 3150. The van der Waals surface area contributed by atoms with Gasteiger partial charge >= 0.3 is 0 Å². The maximum atomic E-state index is 4.45. The van der Waals surface area contributed by atoms with Gasteiger partial charge in [-0.1, -0.05) is 134 Å². The van der Waals surface area contributed by atoms with E-state index in [0.717, 1.165) is 24.3 Å². The number of hydrogen-bond donors (Lipinski definition) is 0. The van der Waals surface area contributed by atoms with Gasteiger partial charge in [-0.15, -0.1) is 0 Å². The van der Waals surface area contributed by atoms with Crippen LogP contribution in [0.25, 0.3) is 88.6 Å². The van der Waals surface area contributed by atoms with Crippen molar-refractivity contribution in [2.45, 2.75) is 26.8 Å². The molecule has 0 N–H and O–H groups in total. The predicted octanol–water partition coefficient (Wildman–Crippen LogP) is 13.3. The number of aliphatic imine (C=N–C) groups is 1. The normalized spacial score (nSPS) is 13.2. The minimum atomic E-state index is 0.745. The van der Waals surface area contributed by atoms with Crippen molar-refractivity contribution in [2.75, 3.05) is 4.90 Å². The Hall–Kier alpha value is -6.77. The highest BCUT2D eigenvalue weighted by Gasteiger charge is 2.26. The maximum absolute atomic E-state index is 4.45. The van der Waals surface area contributed by atoms with E-state index in [1.54, 1.807) is 0 Å². The van der Waals surface area contributed by atoms with Gasteiger partial charge in [0.05, 0.1) is 17.1 Å². The van der Waals surface area contributed by atoms with Gasteiger partial charge in [-0.2, -0.15) is 0 Å². The van der Waals surface area contributed by atoms with E-state index >= 15 is 0 Å². The molecule has 0 saturated heterocycles. The molecule has 0 aliphatic carbocycles. The fourth-order valence-corrected chi connectivity index (χ4v) is 9.07. The first kappa shape index (κ1) is 32.8. The molecule has 2 nitrogen and oxygen atoms in total. The van der Waals surface area contributed by atoms with E-state index in [4.69, 9.17) is 0 Å². The summed E-state index contributed by atoms with van der Waals surface area (Å²) in [6, 6.07) is 58.0. The van der Waals surface area contributed by atoms with E-state index in [0.29, 0.717) is 0 Å². The highest BCUT2D eigenvalue weighted by molar-refractivity contribution is 6.26. The minimum Gasteiger partial charge on any atom is -0.335 e. The number of nitrogens with zero attached hydrogens (tertiary/aromatic N) is 2. The lowest BCUT2D eigenvalue weighted by Gasteiger charge is -2.34. The number of anilines is 2. The van der Waals surface area contributed by atoms with Gasteiger partial charge in [0.25, 0.3) is 0 Å². The van der Waals surface area contributed by atoms with Crippen molar-refractivity contribution in [1.29, 1.82) is 0 Å². The summed E-state index contributed by atoms with van der Waals surface area (Å²) in [5, 5.41) is 12.9. The van der Waals surface area contributed by atoms with Gasteiger partial charge in [0, 0.05) is 12.1 Å². The molecule has 55 heavy (non-hydrogen) atoms. The second-order valence-electron chi connectivity index (χ2n) is 14.6. The molecule has 0 amide bonds. The van der Waals surface area contributed by atoms with Crippen molar-refractivity contribution in [3.05, 3.63) is 174 Å². The summed E-state index contributed by atoms with van der Waals surface area (Å²) in [6.45, 7) is 9.10. The van der Waals surface area contributed by atoms with Crippen molar-refractivity contribution in [3.8, 4) is 33.4 Å². The molecule has 9 aromatic carbocycles. The lowest BCUT2D eigenvalue weighted by Crippen LogP contribution is -2.28. The second kappa shape index (κ2) is 13.3. The molecule has 0 radical (unpaired) electrons. The van der Waals surface area contributed by atoms with Crippen molar-refractivity contribution >= 4 is 79.0 Å². The van der Waals surface area contributed by atoms with E-state index in [1.807, 2.05) is 12.1 Å². The van der Waals surface area contributed by atoms with Crippen LogP contribution < -0.4 is 15.3 Å². The van der Waals surface area contributed by atoms with Crippen LogP contribution in [-0.2, 0) is 6.54 Å². The molecule has 0 bridgehead atoms. The fourth-order valence-electron chi connectivity index (χ4n) is 9.07. The predicted molar refractivity (Wildman–Crippen MR) is 238 cm³/mol. The summed E-state index contributed by atoms with van der Waals surface area (Å²) in [7, 11) is 0. The quantitative estimate of drug-likeness (QED) is 0.129. The van der Waals surface area contributed by atoms with Gasteiger partial charge in [-0.05, 0) is 149 Å². The number of para-hydroxylation sites is 2. The number of benzene rings is 9. The number of fused-ring (bicyclic) bond motifs is 10. The third-order valence-corrected chi connectivity index (χ3v) is 11.5. The Balaban J connectivity index is 1.19. The summed E-state index contributed by atoms with van der Waals surface area (Å²) in [5.41, 5.74) is 11.8. The summed E-state index contributed by atoms with van der Waals surface area (Å²) in [5.74, 6) is 0. The molecular weight excluding hydrogens is 665 g/mol. The molecule has 1 aliphatic heterocycles. The van der Waals surface area contributed by atoms with Crippen LogP contribution in [0.5, 0.6) is 0 Å². The van der Waals surface area contributed by atoms with E-state index in [9.17, 15) is 0 Å². The molecule has 0 saturated carbocycles. The zero-order valence-corrected chi connectivity index (χ0v) is 31.2. The Morgan fingerprint density at radius 1 is 0.545 bits per heavy atom. The van der Waals surface area contributed by atoms with Crippen molar-refractivity contribution < 1.29 is 0 Å².